The fourth-order valence-electron chi connectivity index (χ4n) is 4.32. The van der Waals surface area contributed by atoms with Gasteiger partial charge >= 0.3 is 0 Å². The Balaban J connectivity index is 1.45. The highest BCUT2D eigenvalue weighted by Gasteiger charge is 2.30. The third-order valence-electron chi connectivity index (χ3n) is 5.79. The molecule has 0 aliphatic carbocycles. The number of fused-ring (bicyclic) bond motifs is 1. The first-order valence-corrected chi connectivity index (χ1v) is 10.2. The molecular weight excluding hydrogens is 366 g/mol. The Bertz CT molecular complexity index is 885. The van der Waals surface area contributed by atoms with E-state index in [0.29, 0.717) is 6.54 Å². The molecule has 6 heteroatoms. The molecule has 152 valence electrons. The minimum atomic E-state index is -0.289. The van der Waals surface area contributed by atoms with Crippen molar-refractivity contribution in [3.63, 3.8) is 0 Å². The Kier molecular flexibility index (Phi) is 5.81. The molecule has 2 aliphatic heterocycles. The van der Waals surface area contributed by atoms with Crippen LogP contribution in [0.5, 0.6) is 0 Å². The molecule has 1 N–H and O–H groups in total. The summed E-state index contributed by atoms with van der Waals surface area (Å²) in [5.74, 6) is 0.740. The van der Waals surface area contributed by atoms with Gasteiger partial charge in [0.1, 0.15) is 5.76 Å². The molecule has 1 aromatic carbocycles. The lowest BCUT2D eigenvalue weighted by atomic mass is 9.93. The maximum absolute atomic E-state index is 12.9. The minimum Gasteiger partial charge on any atom is -0.468 e. The van der Waals surface area contributed by atoms with Crippen molar-refractivity contribution in [2.24, 2.45) is 0 Å². The Morgan fingerprint density at radius 3 is 2.69 bits per heavy atom. The van der Waals surface area contributed by atoms with E-state index in [9.17, 15) is 9.59 Å². The second-order valence-electron chi connectivity index (χ2n) is 7.67. The third kappa shape index (κ3) is 4.27. The summed E-state index contributed by atoms with van der Waals surface area (Å²) >= 11 is 0. The van der Waals surface area contributed by atoms with Gasteiger partial charge in [-0.05, 0) is 55.3 Å². The number of carbonyl (C=O) groups excluding carboxylic acids is 2. The van der Waals surface area contributed by atoms with Crippen LogP contribution in [0.15, 0.2) is 53.3 Å². The first kappa shape index (κ1) is 19.5. The number of nitrogens with one attached hydrogen (secondary N) is 1. The summed E-state index contributed by atoms with van der Waals surface area (Å²) in [6.45, 7) is 4.06. The van der Waals surface area contributed by atoms with E-state index < -0.39 is 0 Å². The summed E-state index contributed by atoms with van der Waals surface area (Å²) in [5.41, 5.74) is 2.05. The van der Waals surface area contributed by atoms with Crippen molar-refractivity contribution in [2.75, 3.05) is 19.6 Å². The number of carbonyl (C=O) groups is 2. The normalized spacial score (nSPS) is 19.8. The maximum Gasteiger partial charge on any atom is 0.223 e. The molecule has 0 spiro atoms. The van der Waals surface area contributed by atoms with E-state index in [2.05, 4.69) is 10.2 Å². The number of rotatable bonds is 6. The Labute approximate surface area is 171 Å². The maximum atomic E-state index is 12.9. The number of nitrogens with zero attached hydrogens (tertiary/aromatic N) is 2. The van der Waals surface area contributed by atoms with Crippen LogP contribution < -0.4 is 5.32 Å². The van der Waals surface area contributed by atoms with Crippen LogP contribution in [0.25, 0.3) is 6.08 Å². The van der Waals surface area contributed by atoms with Crippen molar-refractivity contribution in [2.45, 2.75) is 38.3 Å². The van der Waals surface area contributed by atoms with Crippen LogP contribution in [0.3, 0.4) is 0 Å². The molecule has 2 aromatic rings. The molecule has 1 aromatic heterocycles. The van der Waals surface area contributed by atoms with Gasteiger partial charge in [0, 0.05) is 19.7 Å². The second-order valence-corrected chi connectivity index (χ2v) is 7.67. The quantitative estimate of drug-likeness (QED) is 0.816. The summed E-state index contributed by atoms with van der Waals surface area (Å²) in [4.78, 5) is 29.0. The molecule has 2 aliphatic rings. The number of furan rings is 1. The molecule has 29 heavy (non-hydrogen) atoms. The molecule has 0 saturated carbocycles. The lowest BCUT2D eigenvalue weighted by Crippen LogP contribution is -2.39. The Morgan fingerprint density at radius 1 is 1.17 bits per heavy atom. The molecule has 1 saturated heterocycles. The van der Waals surface area contributed by atoms with Crippen LogP contribution in [0.4, 0.5) is 0 Å². The molecule has 6 nitrogen and oxygen atoms in total. The SMILES string of the molecule is CC(=O)N1C=Cc2ccccc2C1CC(=O)NCC(c1ccco1)N1CCCC1. The lowest BCUT2D eigenvalue weighted by molar-refractivity contribution is -0.130. The highest BCUT2D eigenvalue weighted by Crippen LogP contribution is 2.33. The van der Waals surface area contributed by atoms with Crippen LogP contribution in [-0.4, -0.2) is 41.2 Å². The van der Waals surface area contributed by atoms with Crippen LogP contribution >= 0.6 is 0 Å². The first-order chi connectivity index (χ1) is 14.1. The highest BCUT2D eigenvalue weighted by atomic mass is 16.3. The van der Waals surface area contributed by atoms with Gasteiger partial charge in [0.25, 0.3) is 0 Å². The van der Waals surface area contributed by atoms with Gasteiger partial charge in [-0.15, -0.1) is 0 Å². The number of amides is 2. The fraction of sp³-hybridized carbons (Fsp3) is 0.391. The van der Waals surface area contributed by atoms with Crippen LogP contribution in [0.2, 0.25) is 0 Å². The third-order valence-corrected chi connectivity index (χ3v) is 5.79. The van der Waals surface area contributed by atoms with E-state index >= 15 is 0 Å². The predicted molar refractivity (Wildman–Crippen MR) is 111 cm³/mol. The zero-order chi connectivity index (χ0) is 20.2. The van der Waals surface area contributed by atoms with Crippen LogP contribution in [0, 0.1) is 0 Å². The van der Waals surface area contributed by atoms with E-state index in [1.54, 1.807) is 17.4 Å². The summed E-state index contributed by atoms with van der Waals surface area (Å²) in [5, 5.41) is 3.08. The number of likely N-dealkylation sites (tertiary alicyclic amines) is 1. The highest BCUT2D eigenvalue weighted by molar-refractivity contribution is 5.81. The summed E-state index contributed by atoms with van der Waals surface area (Å²) in [7, 11) is 0. The molecule has 2 unspecified atom stereocenters. The fourth-order valence-corrected chi connectivity index (χ4v) is 4.32. The summed E-state index contributed by atoms with van der Waals surface area (Å²) < 4.78 is 5.63. The Hall–Kier alpha value is -2.86. The topological polar surface area (TPSA) is 65.8 Å². The predicted octanol–water partition coefficient (Wildman–Crippen LogP) is 3.50. The van der Waals surface area contributed by atoms with E-state index in [-0.39, 0.29) is 30.3 Å². The van der Waals surface area contributed by atoms with Gasteiger partial charge in [-0.2, -0.15) is 0 Å². The largest absolute Gasteiger partial charge is 0.468 e. The van der Waals surface area contributed by atoms with E-state index in [1.165, 1.54) is 19.8 Å². The zero-order valence-corrected chi connectivity index (χ0v) is 16.7. The standard InChI is InChI=1S/C23H27N3O3/c1-17(27)26-13-10-18-7-2-3-8-19(18)20(26)15-23(28)24-16-21(22-9-6-14-29-22)25-11-4-5-12-25/h2-3,6-10,13-14,20-21H,4-5,11-12,15-16H2,1H3,(H,24,28). The molecule has 3 heterocycles. The average Bonchev–Trinajstić information content (AvgIpc) is 3.43. The van der Waals surface area contributed by atoms with Crippen molar-refractivity contribution in [1.29, 1.82) is 0 Å². The summed E-state index contributed by atoms with van der Waals surface area (Å²) in [6, 6.07) is 11.5. The Morgan fingerprint density at radius 2 is 1.97 bits per heavy atom. The lowest BCUT2D eigenvalue weighted by Gasteiger charge is -2.32. The van der Waals surface area contributed by atoms with Gasteiger partial charge in [-0.3, -0.25) is 14.5 Å². The number of benzene rings is 1. The molecule has 2 atom stereocenters. The van der Waals surface area contributed by atoms with Crippen LogP contribution in [0.1, 0.15) is 55.2 Å². The van der Waals surface area contributed by atoms with Crippen molar-refractivity contribution < 1.29 is 14.0 Å². The number of hydrogen-bond acceptors (Lipinski definition) is 4. The van der Waals surface area contributed by atoms with E-state index in [1.807, 2.05) is 42.5 Å². The van der Waals surface area contributed by atoms with E-state index in [4.69, 9.17) is 4.42 Å². The van der Waals surface area contributed by atoms with Gasteiger partial charge in [0.2, 0.25) is 11.8 Å². The van der Waals surface area contributed by atoms with Crippen LogP contribution in [-0.2, 0) is 9.59 Å². The first-order valence-electron chi connectivity index (χ1n) is 10.2. The van der Waals surface area contributed by atoms with Crippen molar-refractivity contribution in [3.05, 3.63) is 65.7 Å². The van der Waals surface area contributed by atoms with Crippen molar-refractivity contribution in [3.8, 4) is 0 Å². The molecule has 4 rings (SSSR count). The molecular formula is C23H27N3O3. The van der Waals surface area contributed by atoms with Crippen molar-refractivity contribution >= 4 is 17.9 Å². The molecule has 2 amide bonds. The summed E-state index contributed by atoms with van der Waals surface area (Å²) in [6.07, 6.45) is 7.94. The van der Waals surface area contributed by atoms with Gasteiger partial charge < -0.3 is 14.6 Å². The average molecular weight is 393 g/mol. The van der Waals surface area contributed by atoms with E-state index in [0.717, 1.165) is 30.0 Å². The van der Waals surface area contributed by atoms with Gasteiger partial charge in [-0.1, -0.05) is 24.3 Å². The smallest absolute Gasteiger partial charge is 0.223 e. The van der Waals surface area contributed by atoms with Gasteiger partial charge in [0.15, 0.2) is 0 Å². The van der Waals surface area contributed by atoms with Gasteiger partial charge in [0.05, 0.1) is 24.8 Å². The minimum absolute atomic E-state index is 0.0406. The van der Waals surface area contributed by atoms with Crippen molar-refractivity contribution in [1.82, 2.24) is 15.1 Å². The molecule has 0 bridgehead atoms. The monoisotopic (exact) mass is 393 g/mol. The second kappa shape index (κ2) is 8.66. The molecule has 0 radical (unpaired) electrons. The van der Waals surface area contributed by atoms with Gasteiger partial charge in [-0.25, -0.2) is 0 Å². The zero-order valence-electron chi connectivity index (χ0n) is 16.7. The number of hydrogen-bond donors (Lipinski definition) is 1. The molecule has 1 fully saturated rings.